The first-order chi connectivity index (χ1) is 13.2. The molecule has 0 saturated carbocycles. The van der Waals surface area contributed by atoms with E-state index in [1.54, 1.807) is 29.3 Å². The molecule has 2 aliphatic rings. The molecule has 150 valence electrons. The lowest BCUT2D eigenvalue weighted by molar-refractivity contribution is -0.192. The number of alkyl halides is 3. The molecular weight excluding hydrogens is 381 g/mol. The van der Waals surface area contributed by atoms with Crippen molar-refractivity contribution < 1.29 is 27.9 Å². The number of anilines is 2. The minimum absolute atomic E-state index is 0.0361. The fourth-order valence-electron chi connectivity index (χ4n) is 3.26. The molecule has 1 N–H and O–H groups in total. The van der Waals surface area contributed by atoms with Crippen LogP contribution in [0.2, 0.25) is 0 Å². The van der Waals surface area contributed by atoms with Crippen LogP contribution in [0.25, 0.3) is 0 Å². The summed E-state index contributed by atoms with van der Waals surface area (Å²) in [4.78, 5) is 34.0. The molecule has 2 atom stereocenters. The van der Waals surface area contributed by atoms with Crippen molar-refractivity contribution in [2.24, 2.45) is 18.9 Å². The van der Waals surface area contributed by atoms with Gasteiger partial charge in [0.05, 0.1) is 17.8 Å². The van der Waals surface area contributed by atoms with Gasteiger partial charge in [-0.15, -0.1) is 0 Å². The van der Waals surface area contributed by atoms with Crippen LogP contribution in [0.3, 0.4) is 0 Å². The van der Waals surface area contributed by atoms with Crippen LogP contribution >= 0.6 is 0 Å². The first kappa shape index (κ1) is 19.6. The van der Waals surface area contributed by atoms with Crippen LogP contribution in [-0.2, 0) is 16.6 Å². The van der Waals surface area contributed by atoms with Crippen LogP contribution < -0.4 is 9.80 Å². The first-order valence-electron chi connectivity index (χ1n) is 8.29. The summed E-state index contributed by atoms with van der Waals surface area (Å²) in [7, 11) is 1.86. The molecule has 0 aliphatic carbocycles. The quantitative estimate of drug-likeness (QED) is 0.803. The molecule has 0 spiro atoms. The lowest BCUT2D eigenvalue weighted by Crippen LogP contribution is -2.33. The second-order valence-electron chi connectivity index (χ2n) is 6.44. The molecular formula is C16H17F3N6O3. The number of halogens is 3. The number of carbonyl (C=O) groups is 2. The summed E-state index contributed by atoms with van der Waals surface area (Å²) < 4.78 is 33.5. The van der Waals surface area contributed by atoms with Crippen LogP contribution in [-0.4, -0.2) is 62.5 Å². The van der Waals surface area contributed by atoms with Crippen molar-refractivity contribution in [2.45, 2.75) is 6.18 Å². The van der Waals surface area contributed by atoms with E-state index in [9.17, 15) is 18.0 Å². The van der Waals surface area contributed by atoms with Gasteiger partial charge in [0.25, 0.3) is 0 Å². The largest absolute Gasteiger partial charge is 0.490 e. The second kappa shape index (κ2) is 7.44. The maximum atomic E-state index is 12.6. The lowest BCUT2D eigenvalue weighted by Gasteiger charge is -2.20. The third kappa shape index (κ3) is 4.05. The van der Waals surface area contributed by atoms with Gasteiger partial charge >= 0.3 is 12.1 Å². The number of aliphatic carboxylic acids is 1. The van der Waals surface area contributed by atoms with Crippen LogP contribution in [0.4, 0.5) is 24.8 Å². The Hall–Kier alpha value is -3.18. The molecule has 9 nitrogen and oxygen atoms in total. The van der Waals surface area contributed by atoms with Gasteiger partial charge in [0.2, 0.25) is 11.9 Å². The average molecular weight is 398 g/mol. The smallest absolute Gasteiger partial charge is 0.475 e. The van der Waals surface area contributed by atoms with E-state index in [1.165, 1.54) is 0 Å². The Morgan fingerprint density at radius 2 is 1.86 bits per heavy atom. The third-order valence-corrected chi connectivity index (χ3v) is 4.52. The van der Waals surface area contributed by atoms with Gasteiger partial charge in [-0.05, 0) is 6.07 Å². The predicted molar refractivity (Wildman–Crippen MR) is 90.5 cm³/mol. The Morgan fingerprint density at radius 1 is 1.21 bits per heavy atom. The SMILES string of the molecule is Cn1cc(N2C[C@@H]3CN(c4ncccn4)C[C@@H]3C2=O)cn1.O=C(O)C(F)(F)F. The maximum Gasteiger partial charge on any atom is 0.490 e. The van der Waals surface area contributed by atoms with Crippen LogP contribution in [0, 0.1) is 11.8 Å². The van der Waals surface area contributed by atoms with Crippen LogP contribution in [0.1, 0.15) is 0 Å². The van der Waals surface area contributed by atoms with Gasteiger partial charge in [-0.3, -0.25) is 9.48 Å². The number of fused-ring (bicyclic) bond motifs is 1. The molecule has 2 aromatic heterocycles. The van der Waals surface area contributed by atoms with Crippen molar-refractivity contribution in [2.75, 3.05) is 29.4 Å². The number of rotatable bonds is 2. The number of aromatic nitrogens is 4. The van der Waals surface area contributed by atoms with Gasteiger partial charge in [-0.1, -0.05) is 0 Å². The van der Waals surface area contributed by atoms with Crippen molar-refractivity contribution >= 4 is 23.5 Å². The highest BCUT2D eigenvalue weighted by molar-refractivity contribution is 5.98. The molecule has 4 rings (SSSR count). The van der Waals surface area contributed by atoms with E-state index in [0.29, 0.717) is 18.4 Å². The summed E-state index contributed by atoms with van der Waals surface area (Å²) in [5.74, 6) is -1.48. The van der Waals surface area contributed by atoms with Gasteiger partial charge in [-0.2, -0.15) is 18.3 Å². The Kier molecular flexibility index (Phi) is 5.21. The summed E-state index contributed by atoms with van der Waals surface area (Å²) in [6, 6.07) is 1.80. The topological polar surface area (TPSA) is 104 Å². The number of aryl methyl sites for hydroxylation is 1. The zero-order valence-electron chi connectivity index (χ0n) is 14.7. The molecule has 2 aliphatic heterocycles. The van der Waals surface area contributed by atoms with E-state index in [1.807, 2.05) is 18.1 Å². The molecule has 28 heavy (non-hydrogen) atoms. The standard InChI is InChI=1S/C14H16N6O.C2HF3O2/c1-18-8-11(5-17-18)20-7-10-6-19(9-12(10)13(20)21)14-15-3-2-4-16-14;3-2(4,5)1(6)7/h2-5,8,10,12H,6-7,9H2,1H3;(H,6,7)/t10-,12-;/m0./s1. The van der Waals surface area contributed by atoms with Gasteiger partial charge in [0, 0.05) is 51.2 Å². The highest BCUT2D eigenvalue weighted by Crippen LogP contribution is 2.35. The molecule has 0 radical (unpaired) electrons. The molecule has 12 heteroatoms. The van der Waals surface area contributed by atoms with Crippen molar-refractivity contribution in [3.63, 3.8) is 0 Å². The van der Waals surface area contributed by atoms with E-state index >= 15 is 0 Å². The second-order valence-corrected chi connectivity index (χ2v) is 6.44. The predicted octanol–water partition coefficient (Wildman–Crippen LogP) is 0.943. The van der Waals surface area contributed by atoms with E-state index in [2.05, 4.69) is 20.0 Å². The van der Waals surface area contributed by atoms with Gasteiger partial charge in [-0.25, -0.2) is 14.8 Å². The zero-order chi connectivity index (χ0) is 20.5. The van der Waals surface area contributed by atoms with E-state index in [-0.39, 0.29) is 11.8 Å². The molecule has 2 fully saturated rings. The van der Waals surface area contributed by atoms with Crippen molar-refractivity contribution in [1.29, 1.82) is 0 Å². The molecule has 0 bridgehead atoms. The van der Waals surface area contributed by atoms with Crippen LogP contribution in [0.15, 0.2) is 30.9 Å². The van der Waals surface area contributed by atoms with Gasteiger partial charge in [0.15, 0.2) is 0 Å². The van der Waals surface area contributed by atoms with Crippen molar-refractivity contribution in [3.8, 4) is 0 Å². The number of nitrogens with zero attached hydrogens (tertiary/aromatic N) is 6. The number of carbonyl (C=O) groups excluding carboxylic acids is 1. The monoisotopic (exact) mass is 398 g/mol. The first-order valence-corrected chi connectivity index (χ1v) is 8.29. The highest BCUT2D eigenvalue weighted by Gasteiger charge is 2.47. The summed E-state index contributed by atoms with van der Waals surface area (Å²) in [5.41, 5.74) is 0.888. The van der Waals surface area contributed by atoms with Crippen LogP contribution in [0.5, 0.6) is 0 Å². The maximum absolute atomic E-state index is 12.6. The zero-order valence-corrected chi connectivity index (χ0v) is 14.7. The molecule has 0 unspecified atom stereocenters. The van der Waals surface area contributed by atoms with Crippen molar-refractivity contribution in [3.05, 3.63) is 30.9 Å². The molecule has 2 saturated heterocycles. The van der Waals surface area contributed by atoms with E-state index in [0.717, 1.165) is 18.8 Å². The summed E-state index contributed by atoms with van der Waals surface area (Å²) in [5, 5.41) is 11.3. The fraction of sp³-hybridized carbons (Fsp3) is 0.438. The van der Waals surface area contributed by atoms with Gasteiger partial charge < -0.3 is 14.9 Å². The number of carboxylic acid groups (broad SMARTS) is 1. The lowest BCUT2D eigenvalue weighted by atomic mass is 10.0. The molecule has 0 aromatic carbocycles. The van der Waals surface area contributed by atoms with Crippen molar-refractivity contribution in [1.82, 2.24) is 19.7 Å². The Morgan fingerprint density at radius 3 is 2.36 bits per heavy atom. The normalized spacial score (nSPS) is 21.4. The van der Waals surface area contributed by atoms with E-state index < -0.39 is 12.1 Å². The minimum atomic E-state index is -5.08. The summed E-state index contributed by atoms with van der Waals surface area (Å²) in [6.07, 6.45) is 2.02. The molecule has 4 heterocycles. The van der Waals surface area contributed by atoms with E-state index in [4.69, 9.17) is 9.90 Å². The molecule has 1 amide bonds. The average Bonchev–Trinajstić information content (AvgIpc) is 3.32. The number of hydrogen-bond acceptors (Lipinski definition) is 6. The number of amides is 1. The summed E-state index contributed by atoms with van der Waals surface area (Å²) >= 11 is 0. The summed E-state index contributed by atoms with van der Waals surface area (Å²) in [6.45, 7) is 2.28. The Labute approximate surface area is 157 Å². The number of hydrogen-bond donors (Lipinski definition) is 1. The molecule has 2 aromatic rings. The van der Waals surface area contributed by atoms with Gasteiger partial charge in [0.1, 0.15) is 0 Å². The third-order valence-electron chi connectivity index (χ3n) is 4.52. The fourth-order valence-corrected chi connectivity index (χ4v) is 3.26. The minimum Gasteiger partial charge on any atom is -0.475 e. The Balaban J connectivity index is 0.000000279. The number of carboxylic acids is 1. The Bertz CT molecular complexity index is 857. The highest BCUT2D eigenvalue weighted by atomic mass is 19.4.